The molecule has 182 valence electrons. The van der Waals surface area contributed by atoms with Crippen molar-refractivity contribution < 1.29 is 14.6 Å². The topological polar surface area (TPSA) is 70.9 Å². The van der Waals surface area contributed by atoms with E-state index in [2.05, 4.69) is 74.8 Å². The van der Waals surface area contributed by atoms with E-state index in [0.717, 1.165) is 24.0 Å². The van der Waals surface area contributed by atoms with Crippen molar-refractivity contribution in [3.63, 3.8) is 0 Å². The number of aryl methyl sites for hydroxylation is 1. The third kappa shape index (κ3) is 6.13. The monoisotopic (exact) mass is 702 g/mol. The van der Waals surface area contributed by atoms with Gasteiger partial charge in [0.25, 0.3) is 5.91 Å². The molecule has 0 radical (unpaired) electrons. The van der Waals surface area contributed by atoms with Crippen molar-refractivity contribution in [3.8, 4) is 5.75 Å². The van der Waals surface area contributed by atoms with Crippen LogP contribution in [0.5, 0.6) is 5.75 Å². The number of halogens is 2. The summed E-state index contributed by atoms with van der Waals surface area (Å²) < 4.78 is 7.96. The van der Waals surface area contributed by atoms with E-state index >= 15 is 0 Å². The number of hydrazone groups is 1. The molecular weight excluding hydrogens is 678 g/mol. The SMILES string of the molecule is Cc1cccc(COc2c(I)cc(/C=N/NC(=O)C(O)(c3ccccc3)c3ccccc3)cc2I)c1. The third-order valence-corrected chi connectivity index (χ3v) is 7.18. The molecule has 2 N–H and O–H groups in total. The molecule has 0 unspecified atom stereocenters. The number of aliphatic hydroxyl groups is 1. The van der Waals surface area contributed by atoms with Gasteiger partial charge in [0.05, 0.1) is 13.4 Å². The second-order valence-corrected chi connectivity index (χ2v) is 10.6. The zero-order valence-electron chi connectivity index (χ0n) is 19.5. The van der Waals surface area contributed by atoms with Gasteiger partial charge in [0.2, 0.25) is 0 Å². The number of carbonyl (C=O) groups is 1. The van der Waals surface area contributed by atoms with Crippen molar-refractivity contribution in [2.24, 2.45) is 5.10 Å². The minimum Gasteiger partial charge on any atom is -0.487 e. The minimum absolute atomic E-state index is 0.461. The highest BCUT2D eigenvalue weighted by Crippen LogP contribution is 2.31. The normalized spacial score (nSPS) is 11.4. The van der Waals surface area contributed by atoms with Crippen molar-refractivity contribution in [1.29, 1.82) is 0 Å². The van der Waals surface area contributed by atoms with Gasteiger partial charge in [0.1, 0.15) is 12.4 Å². The lowest BCUT2D eigenvalue weighted by Crippen LogP contribution is -2.43. The lowest BCUT2D eigenvalue weighted by atomic mass is 9.85. The van der Waals surface area contributed by atoms with Crippen LogP contribution < -0.4 is 10.2 Å². The number of hydrogen-bond donors (Lipinski definition) is 2. The van der Waals surface area contributed by atoms with E-state index in [-0.39, 0.29) is 0 Å². The summed E-state index contributed by atoms with van der Waals surface area (Å²) in [6, 6.07) is 29.8. The largest absolute Gasteiger partial charge is 0.487 e. The zero-order valence-corrected chi connectivity index (χ0v) is 23.8. The highest BCUT2D eigenvalue weighted by molar-refractivity contribution is 14.1. The number of ether oxygens (including phenoxy) is 1. The first kappa shape index (κ1) is 26.3. The van der Waals surface area contributed by atoms with Crippen molar-refractivity contribution in [3.05, 3.63) is 132 Å². The number of nitrogens with zero attached hydrogens (tertiary/aromatic N) is 1. The van der Waals surface area contributed by atoms with Gasteiger partial charge in [-0.1, -0.05) is 90.5 Å². The smallest absolute Gasteiger partial charge is 0.281 e. The fraction of sp³-hybridized carbons (Fsp3) is 0.103. The Morgan fingerprint density at radius 2 is 1.50 bits per heavy atom. The molecule has 4 rings (SSSR count). The highest BCUT2D eigenvalue weighted by atomic mass is 127. The summed E-state index contributed by atoms with van der Waals surface area (Å²) in [6.45, 7) is 2.54. The first-order valence-electron chi connectivity index (χ1n) is 11.2. The van der Waals surface area contributed by atoms with E-state index in [1.54, 1.807) is 54.7 Å². The number of carbonyl (C=O) groups excluding carboxylic acids is 1. The van der Waals surface area contributed by atoms with E-state index in [1.165, 1.54) is 5.56 Å². The summed E-state index contributed by atoms with van der Waals surface area (Å²) >= 11 is 4.47. The first-order chi connectivity index (χ1) is 17.4. The number of nitrogens with one attached hydrogen (secondary N) is 1. The Bertz CT molecular complexity index is 1310. The molecule has 0 saturated heterocycles. The van der Waals surface area contributed by atoms with Gasteiger partial charge in [-0.05, 0) is 86.5 Å². The third-order valence-electron chi connectivity index (χ3n) is 5.58. The highest BCUT2D eigenvalue weighted by Gasteiger charge is 2.39. The fourth-order valence-corrected chi connectivity index (χ4v) is 5.91. The van der Waals surface area contributed by atoms with Crippen LogP contribution in [0.15, 0.2) is 102 Å². The van der Waals surface area contributed by atoms with Crippen LogP contribution in [0, 0.1) is 14.1 Å². The summed E-state index contributed by atoms with van der Waals surface area (Å²) in [6.07, 6.45) is 1.56. The molecule has 0 aliphatic rings. The first-order valence-corrected chi connectivity index (χ1v) is 13.4. The van der Waals surface area contributed by atoms with Crippen LogP contribution in [0.3, 0.4) is 0 Å². The standard InChI is InChI=1S/C29H24I2N2O3/c1-20-9-8-10-21(15-20)19-36-27-25(30)16-22(17-26(27)31)18-32-33-28(34)29(35,23-11-4-2-5-12-23)24-13-6-3-7-14-24/h2-18,35H,19H2,1H3,(H,33,34)/b32-18+. The maximum absolute atomic E-state index is 13.2. The Balaban J connectivity index is 1.49. The molecule has 0 heterocycles. The van der Waals surface area contributed by atoms with Crippen LogP contribution in [-0.2, 0) is 17.0 Å². The predicted octanol–water partition coefficient (Wildman–Crippen LogP) is 6.17. The average Bonchev–Trinajstić information content (AvgIpc) is 2.88. The summed E-state index contributed by atoms with van der Waals surface area (Å²) in [5.41, 5.74) is 4.67. The Morgan fingerprint density at radius 1 is 0.917 bits per heavy atom. The molecule has 4 aromatic carbocycles. The molecular formula is C29H24I2N2O3. The lowest BCUT2D eigenvalue weighted by Gasteiger charge is -2.27. The van der Waals surface area contributed by atoms with E-state index < -0.39 is 11.5 Å². The predicted molar refractivity (Wildman–Crippen MR) is 159 cm³/mol. The number of amides is 1. The number of benzene rings is 4. The maximum atomic E-state index is 13.2. The van der Waals surface area contributed by atoms with E-state index in [0.29, 0.717) is 17.7 Å². The summed E-state index contributed by atoms with van der Waals surface area (Å²) in [7, 11) is 0. The second-order valence-electron chi connectivity index (χ2n) is 8.23. The van der Waals surface area contributed by atoms with Gasteiger partial charge in [-0.3, -0.25) is 4.79 Å². The van der Waals surface area contributed by atoms with Gasteiger partial charge in [-0.2, -0.15) is 5.10 Å². The van der Waals surface area contributed by atoms with Gasteiger partial charge in [0, 0.05) is 0 Å². The lowest BCUT2D eigenvalue weighted by molar-refractivity contribution is -0.136. The molecule has 36 heavy (non-hydrogen) atoms. The van der Waals surface area contributed by atoms with Gasteiger partial charge >= 0.3 is 0 Å². The number of rotatable bonds is 8. The Kier molecular flexibility index (Phi) is 8.76. The van der Waals surface area contributed by atoms with Crippen LogP contribution in [0.4, 0.5) is 0 Å². The van der Waals surface area contributed by atoms with Gasteiger partial charge in [0.15, 0.2) is 5.60 Å². The van der Waals surface area contributed by atoms with E-state index in [1.807, 2.05) is 36.4 Å². The molecule has 5 nitrogen and oxygen atoms in total. The zero-order chi connectivity index (χ0) is 25.5. The second kappa shape index (κ2) is 12.0. The Labute approximate surface area is 237 Å². The Hall–Kier alpha value is -2.76. The molecule has 0 atom stereocenters. The van der Waals surface area contributed by atoms with Crippen LogP contribution >= 0.6 is 45.2 Å². The van der Waals surface area contributed by atoms with Crippen molar-refractivity contribution in [2.75, 3.05) is 0 Å². The van der Waals surface area contributed by atoms with Gasteiger partial charge < -0.3 is 9.84 Å². The van der Waals surface area contributed by atoms with E-state index in [4.69, 9.17) is 4.74 Å². The molecule has 0 fully saturated rings. The average molecular weight is 702 g/mol. The summed E-state index contributed by atoms with van der Waals surface area (Å²) in [4.78, 5) is 13.2. The maximum Gasteiger partial charge on any atom is 0.281 e. The molecule has 0 bridgehead atoms. The molecule has 0 saturated carbocycles. The quantitative estimate of drug-likeness (QED) is 0.131. The molecule has 0 spiro atoms. The summed E-state index contributed by atoms with van der Waals surface area (Å²) in [5, 5.41) is 15.7. The Morgan fingerprint density at radius 3 is 2.06 bits per heavy atom. The molecule has 7 heteroatoms. The van der Waals surface area contributed by atoms with Crippen LogP contribution in [0.25, 0.3) is 0 Å². The number of hydrogen-bond acceptors (Lipinski definition) is 4. The minimum atomic E-state index is -1.88. The fourth-order valence-electron chi connectivity index (χ4n) is 3.78. The molecule has 0 aliphatic heterocycles. The van der Waals surface area contributed by atoms with E-state index in [9.17, 15) is 9.90 Å². The molecule has 0 aliphatic carbocycles. The molecule has 1 amide bonds. The molecule has 0 aromatic heterocycles. The van der Waals surface area contributed by atoms with Crippen LogP contribution in [0.2, 0.25) is 0 Å². The van der Waals surface area contributed by atoms with Gasteiger partial charge in [-0.25, -0.2) is 5.43 Å². The van der Waals surface area contributed by atoms with Crippen molar-refractivity contribution >= 4 is 57.3 Å². The van der Waals surface area contributed by atoms with Crippen molar-refractivity contribution in [1.82, 2.24) is 5.43 Å². The van der Waals surface area contributed by atoms with Crippen LogP contribution in [-0.4, -0.2) is 17.2 Å². The van der Waals surface area contributed by atoms with Crippen molar-refractivity contribution in [2.45, 2.75) is 19.1 Å². The van der Waals surface area contributed by atoms with Crippen LogP contribution in [0.1, 0.15) is 27.8 Å². The summed E-state index contributed by atoms with van der Waals surface area (Å²) in [5.74, 6) is 0.167. The molecule has 4 aromatic rings. The van der Waals surface area contributed by atoms with Gasteiger partial charge in [-0.15, -0.1) is 0 Å².